The zero-order valence-corrected chi connectivity index (χ0v) is 9.90. The fraction of sp³-hybridized carbons (Fsp3) is 0.333. The van der Waals surface area contributed by atoms with Gasteiger partial charge < -0.3 is 9.47 Å². The van der Waals surface area contributed by atoms with Crippen LogP contribution in [0.2, 0.25) is 0 Å². The zero-order chi connectivity index (χ0) is 12.1. The Kier molecular flexibility index (Phi) is 4.05. The van der Waals surface area contributed by atoms with Crippen LogP contribution in [0.1, 0.15) is 22.8 Å². The number of hydrogen-bond acceptors (Lipinski definition) is 4. The van der Waals surface area contributed by atoms with E-state index in [9.17, 15) is 4.79 Å². The summed E-state index contributed by atoms with van der Waals surface area (Å²) >= 11 is 0. The molecular weight excluding hydrogens is 206 g/mol. The third kappa shape index (κ3) is 2.39. The molecule has 0 N–H and O–H groups in total. The summed E-state index contributed by atoms with van der Waals surface area (Å²) in [4.78, 5) is 15.4. The first-order valence-corrected chi connectivity index (χ1v) is 4.84. The molecule has 16 heavy (non-hydrogen) atoms. The van der Waals surface area contributed by atoms with Gasteiger partial charge in [-0.1, -0.05) is 0 Å². The molecule has 4 nitrogen and oxygen atoms in total. The number of rotatable bonds is 3. The van der Waals surface area contributed by atoms with E-state index in [4.69, 9.17) is 4.74 Å². The minimum absolute atomic E-state index is 0.379. The molecule has 0 heterocycles. The lowest BCUT2D eigenvalue weighted by Crippen LogP contribution is -2.04. The molecule has 0 unspecified atom stereocenters. The summed E-state index contributed by atoms with van der Waals surface area (Å²) in [5.41, 5.74) is 2.19. The maximum Gasteiger partial charge on any atom is 0.337 e. The van der Waals surface area contributed by atoms with Crippen LogP contribution < -0.4 is 4.74 Å². The van der Waals surface area contributed by atoms with Crippen LogP contribution in [-0.2, 0) is 4.74 Å². The lowest BCUT2D eigenvalue weighted by atomic mass is 10.1. The van der Waals surface area contributed by atoms with Gasteiger partial charge in [0.1, 0.15) is 5.75 Å². The Hall–Kier alpha value is -1.84. The molecule has 0 amide bonds. The second kappa shape index (κ2) is 5.30. The van der Waals surface area contributed by atoms with Gasteiger partial charge in [0.25, 0.3) is 0 Å². The summed E-state index contributed by atoms with van der Waals surface area (Å²) in [6.07, 6.45) is 0. The van der Waals surface area contributed by atoms with Crippen molar-refractivity contribution >= 4 is 11.7 Å². The van der Waals surface area contributed by atoms with Crippen molar-refractivity contribution in [2.75, 3.05) is 21.3 Å². The van der Waals surface area contributed by atoms with E-state index in [0.717, 1.165) is 11.3 Å². The van der Waals surface area contributed by atoms with E-state index < -0.39 is 0 Å². The zero-order valence-electron chi connectivity index (χ0n) is 9.90. The van der Waals surface area contributed by atoms with E-state index in [-0.39, 0.29) is 5.97 Å². The Morgan fingerprint density at radius 1 is 1.31 bits per heavy atom. The average Bonchev–Trinajstić information content (AvgIpc) is 2.35. The molecule has 1 aromatic rings. The standard InChI is InChI=1S/C12H15NO3/c1-8(13-2)10-6-5-9(12(14)16-4)7-11(10)15-3/h5-7H,1-4H3. The molecule has 0 radical (unpaired) electrons. The first kappa shape index (κ1) is 12.2. The number of carbonyl (C=O) groups is 1. The molecule has 4 heteroatoms. The molecule has 0 aliphatic carbocycles. The lowest BCUT2D eigenvalue weighted by Gasteiger charge is -2.09. The topological polar surface area (TPSA) is 47.9 Å². The molecular formula is C12H15NO3. The number of nitrogens with zero attached hydrogens (tertiary/aromatic N) is 1. The normalized spacial score (nSPS) is 11.1. The van der Waals surface area contributed by atoms with E-state index in [1.54, 1.807) is 32.4 Å². The number of ether oxygens (including phenoxy) is 2. The van der Waals surface area contributed by atoms with Crippen LogP contribution in [-0.4, -0.2) is 32.9 Å². The van der Waals surface area contributed by atoms with Gasteiger partial charge in [-0.15, -0.1) is 0 Å². The highest BCUT2D eigenvalue weighted by molar-refractivity contribution is 6.02. The molecule has 86 valence electrons. The molecule has 0 aromatic heterocycles. The van der Waals surface area contributed by atoms with Gasteiger partial charge >= 0.3 is 5.97 Å². The summed E-state index contributed by atoms with van der Waals surface area (Å²) in [5, 5.41) is 0. The van der Waals surface area contributed by atoms with E-state index in [0.29, 0.717) is 11.3 Å². The predicted octanol–water partition coefficient (Wildman–Crippen LogP) is 1.92. The molecule has 0 aliphatic rings. The van der Waals surface area contributed by atoms with Crippen molar-refractivity contribution in [1.82, 2.24) is 0 Å². The molecule has 1 rings (SSSR count). The van der Waals surface area contributed by atoms with Crippen LogP contribution in [0.15, 0.2) is 23.2 Å². The first-order chi connectivity index (χ1) is 7.63. The van der Waals surface area contributed by atoms with Crippen molar-refractivity contribution in [3.05, 3.63) is 29.3 Å². The van der Waals surface area contributed by atoms with Crippen molar-refractivity contribution in [2.45, 2.75) is 6.92 Å². The molecule has 0 aliphatic heterocycles. The summed E-state index contributed by atoms with van der Waals surface area (Å²) in [5.74, 6) is 0.238. The van der Waals surface area contributed by atoms with Gasteiger partial charge in [-0.3, -0.25) is 4.99 Å². The maximum atomic E-state index is 11.3. The molecule has 1 aromatic carbocycles. The van der Waals surface area contributed by atoms with Gasteiger partial charge in [0, 0.05) is 18.3 Å². The molecule has 0 spiro atoms. The van der Waals surface area contributed by atoms with Crippen molar-refractivity contribution in [3.8, 4) is 5.75 Å². The maximum absolute atomic E-state index is 11.3. The largest absolute Gasteiger partial charge is 0.496 e. The van der Waals surface area contributed by atoms with Gasteiger partial charge in [0.05, 0.1) is 19.8 Å². The smallest absolute Gasteiger partial charge is 0.337 e. The van der Waals surface area contributed by atoms with E-state index in [2.05, 4.69) is 9.73 Å². The fourth-order valence-corrected chi connectivity index (χ4v) is 1.36. The van der Waals surface area contributed by atoms with Gasteiger partial charge in [-0.2, -0.15) is 0 Å². The van der Waals surface area contributed by atoms with Crippen molar-refractivity contribution < 1.29 is 14.3 Å². The summed E-state index contributed by atoms with van der Waals surface area (Å²) < 4.78 is 9.85. The third-order valence-electron chi connectivity index (χ3n) is 2.35. The minimum atomic E-state index is -0.379. The van der Waals surface area contributed by atoms with Gasteiger partial charge in [-0.05, 0) is 25.1 Å². The second-order valence-electron chi connectivity index (χ2n) is 3.22. The number of aliphatic imine (C=N–C) groups is 1. The minimum Gasteiger partial charge on any atom is -0.496 e. The van der Waals surface area contributed by atoms with Crippen LogP contribution in [0.4, 0.5) is 0 Å². The van der Waals surface area contributed by atoms with Crippen LogP contribution >= 0.6 is 0 Å². The number of hydrogen-bond donors (Lipinski definition) is 0. The summed E-state index contributed by atoms with van der Waals surface area (Å²) in [6.45, 7) is 1.88. The fourth-order valence-electron chi connectivity index (χ4n) is 1.36. The summed E-state index contributed by atoms with van der Waals surface area (Å²) in [7, 11) is 4.62. The van der Waals surface area contributed by atoms with E-state index >= 15 is 0 Å². The van der Waals surface area contributed by atoms with Gasteiger partial charge in [0.2, 0.25) is 0 Å². The molecule has 0 saturated carbocycles. The quantitative estimate of drug-likeness (QED) is 0.578. The van der Waals surface area contributed by atoms with E-state index in [1.165, 1.54) is 7.11 Å². The Balaban J connectivity index is 3.22. The Morgan fingerprint density at radius 2 is 2.00 bits per heavy atom. The highest BCUT2D eigenvalue weighted by Gasteiger charge is 2.11. The Labute approximate surface area is 94.9 Å². The molecule has 0 bridgehead atoms. The first-order valence-electron chi connectivity index (χ1n) is 4.84. The highest BCUT2D eigenvalue weighted by atomic mass is 16.5. The van der Waals surface area contributed by atoms with Crippen LogP contribution in [0.3, 0.4) is 0 Å². The molecule has 0 atom stereocenters. The monoisotopic (exact) mass is 221 g/mol. The number of carbonyl (C=O) groups excluding carboxylic acids is 1. The molecule has 0 saturated heterocycles. The van der Waals surface area contributed by atoms with Crippen LogP contribution in [0.5, 0.6) is 5.75 Å². The van der Waals surface area contributed by atoms with E-state index in [1.807, 2.05) is 6.92 Å². The number of methoxy groups -OCH3 is 2. The SMILES string of the molecule is CN=C(C)c1ccc(C(=O)OC)cc1OC. The van der Waals surface area contributed by atoms with Crippen molar-refractivity contribution in [3.63, 3.8) is 0 Å². The Morgan fingerprint density at radius 3 is 2.50 bits per heavy atom. The Bertz CT molecular complexity index is 424. The molecule has 0 fully saturated rings. The number of benzene rings is 1. The van der Waals surface area contributed by atoms with Crippen molar-refractivity contribution in [2.24, 2.45) is 4.99 Å². The number of esters is 1. The highest BCUT2D eigenvalue weighted by Crippen LogP contribution is 2.21. The van der Waals surface area contributed by atoms with Crippen LogP contribution in [0.25, 0.3) is 0 Å². The van der Waals surface area contributed by atoms with Crippen molar-refractivity contribution in [1.29, 1.82) is 0 Å². The third-order valence-corrected chi connectivity index (χ3v) is 2.35. The average molecular weight is 221 g/mol. The van der Waals surface area contributed by atoms with Gasteiger partial charge in [0.15, 0.2) is 0 Å². The lowest BCUT2D eigenvalue weighted by molar-refractivity contribution is 0.0600. The van der Waals surface area contributed by atoms with Crippen LogP contribution in [0, 0.1) is 0 Å². The predicted molar refractivity (Wildman–Crippen MR) is 62.5 cm³/mol. The summed E-state index contributed by atoms with van der Waals surface area (Å²) in [6, 6.07) is 5.14. The second-order valence-corrected chi connectivity index (χ2v) is 3.22. The van der Waals surface area contributed by atoms with Gasteiger partial charge in [-0.25, -0.2) is 4.79 Å².